The summed E-state index contributed by atoms with van der Waals surface area (Å²) in [7, 11) is 0. The molecule has 0 aliphatic heterocycles. The van der Waals surface area contributed by atoms with Crippen molar-refractivity contribution in [3.63, 3.8) is 0 Å². The van der Waals surface area contributed by atoms with Gasteiger partial charge in [-0.1, -0.05) is 132 Å². The SMILES string of the molecule is Cc1ccc2c(c1)c1cc(C)ccc1n2-c1ccc(-c2nc(-c3ccccc3)cc(-c3ccccc3)n2)cc1-c1cccc(-n2c3ccccc3c3ccccc32)c1. The second kappa shape index (κ2) is 13.6. The maximum atomic E-state index is 5.25. The molecular formula is C54H38N4. The third kappa shape index (κ3) is 5.61. The van der Waals surface area contributed by atoms with Crippen molar-refractivity contribution in [3.8, 4) is 56.4 Å². The lowest BCUT2D eigenvalue weighted by molar-refractivity contribution is 1.16. The van der Waals surface area contributed by atoms with E-state index in [-0.39, 0.29) is 0 Å². The van der Waals surface area contributed by atoms with Crippen molar-refractivity contribution in [1.29, 1.82) is 0 Å². The molecule has 0 aliphatic carbocycles. The summed E-state index contributed by atoms with van der Waals surface area (Å²) < 4.78 is 4.83. The van der Waals surface area contributed by atoms with Gasteiger partial charge in [-0.3, -0.25) is 0 Å². The summed E-state index contributed by atoms with van der Waals surface area (Å²) in [6, 6.07) is 69.6. The van der Waals surface area contributed by atoms with Crippen LogP contribution in [0.4, 0.5) is 0 Å². The standard InChI is InChI=1S/C54H38N4/c1-35-24-27-52-45(30-35)46-31-36(2)25-28-53(46)58(52)51-29-26-40(54-55-47(37-14-5-3-6-15-37)34-48(56-54)38-16-7-4-8-17-38)33-44(51)39-18-13-19-41(32-39)57-49-22-11-9-20-42(49)43-21-10-12-23-50(43)57/h3-34H,1-2H3. The lowest BCUT2D eigenvalue weighted by Crippen LogP contribution is -2.01. The number of aromatic nitrogens is 4. The average Bonchev–Trinajstić information content (AvgIpc) is 3.78. The Balaban J connectivity index is 1.19. The number of fused-ring (bicyclic) bond motifs is 6. The smallest absolute Gasteiger partial charge is 0.160 e. The molecule has 0 bridgehead atoms. The molecule has 0 spiro atoms. The van der Waals surface area contributed by atoms with Crippen molar-refractivity contribution in [3.05, 3.63) is 205 Å². The van der Waals surface area contributed by atoms with Crippen molar-refractivity contribution in [1.82, 2.24) is 19.1 Å². The molecule has 0 atom stereocenters. The first kappa shape index (κ1) is 33.8. The zero-order chi connectivity index (χ0) is 38.7. The van der Waals surface area contributed by atoms with Crippen molar-refractivity contribution in [2.75, 3.05) is 0 Å². The molecule has 11 rings (SSSR count). The van der Waals surface area contributed by atoms with Gasteiger partial charge in [0.15, 0.2) is 5.82 Å². The van der Waals surface area contributed by atoms with E-state index >= 15 is 0 Å². The molecule has 0 N–H and O–H groups in total. The normalized spacial score (nSPS) is 11.6. The minimum absolute atomic E-state index is 0.681. The van der Waals surface area contributed by atoms with Crippen LogP contribution in [0.1, 0.15) is 11.1 Å². The van der Waals surface area contributed by atoms with E-state index in [1.165, 1.54) is 54.7 Å². The highest BCUT2D eigenvalue weighted by Crippen LogP contribution is 2.40. The van der Waals surface area contributed by atoms with E-state index in [4.69, 9.17) is 9.97 Å². The van der Waals surface area contributed by atoms with E-state index in [2.05, 4.69) is 205 Å². The molecule has 0 unspecified atom stereocenters. The van der Waals surface area contributed by atoms with Crippen LogP contribution in [0.15, 0.2) is 194 Å². The maximum Gasteiger partial charge on any atom is 0.160 e. The predicted octanol–water partition coefficient (Wildman–Crippen LogP) is 14.0. The molecule has 0 radical (unpaired) electrons. The molecule has 4 heteroatoms. The first-order valence-electron chi connectivity index (χ1n) is 19.8. The molecule has 3 heterocycles. The highest BCUT2D eigenvalue weighted by atomic mass is 15.0. The van der Waals surface area contributed by atoms with E-state index in [0.717, 1.165) is 50.6 Å². The van der Waals surface area contributed by atoms with Crippen LogP contribution in [-0.2, 0) is 0 Å². The molecular weight excluding hydrogens is 705 g/mol. The van der Waals surface area contributed by atoms with Crippen LogP contribution in [0.25, 0.3) is 100 Å². The van der Waals surface area contributed by atoms with E-state index < -0.39 is 0 Å². The summed E-state index contributed by atoms with van der Waals surface area (Å²) in [4.78, 5) is 10.5. The molecule has 11 aromatic rings. The molecule has 0 saturated carbocycles. The maximum absolute atomic E-state index is 5.25. The third-order valence-electron chi connectivity index (χ3n) is 11.4. The molecule has 3 aromatic heterocycles. The van der Waals surface area contributed by atoms with Gasteiger partial charge < -0.3 is 9.13 Å². The molecule has 0 saturated heterocycles. The Kier molecular flexibility index (Phi) is 7.90. The van der Waals surface area contributed by atoms with Gasteiger partial charge in [0, 0.05) is 49.5 Å². The largest absolute Gasteiger partial charge is 0.309 e. The quantitative estimate of drug-likeness (QED) is 0.170. The summed E-state index contributed by atoms with van der Waals surface area (Å²) in [5.41, 5.74) is 16.4. The number of para-hydroxylation sites is 2. The Morgan fingerprint density at radius 3 is 1.45 bits per heavy atom. The van der Waals surface area contributed by atoms with Gasteiger partial charge in [0.1, 0.15) is 0 Å². The minimum atomic E-state index is 0.681. The van der Waals surface area contributed by atoms with Gasteiger partial charge in [0.05, 0.1) is 39.1 Å². The highest BCUT2D eigenvalue weighted by Gasteiger charge is 2.20. The second-order valence-electron chi connectivity index (χ2n) is 15.2. The Bertz CT molecular complexity index is 3180. The average molecular weight is 743 g/mol. The Labute approximate surface area is 337 Å². The molecule has 8 aromatic carbocycles. The predicted molar refractivity (Wildman–Crippen MR) is 242 cm³/mol. The fourth-order valence-corrected chi connectivity index (χ4v) is 8.72. The lowest BCUT2D eigenvalue weighted by Gasteiger charge is -2.17. The fourth-order valence-electron chi connectivity index (χ4n) is 8.72. The Morgan fingerprint density at radius 1 is 0.345 bits per heavy atom. The van der Waals surface area contributed by atoms with Gasteiger partial charge in [-0.05, 0) is 92.2 Å². The molecule has 0 fully saturated rings. The molecule has 0 aliphatic rings. The molecule has 4 nitrogen and oxygen atoms in total. The summed E-state index contributed by atoms with van der Waals surface area (Å²) in [6.07, 6.45) is 0. The second-order valence-corrected chi connectivity index (χ2v) is 15.2. The Hall–Kier alpha value is -7.56. The molecule has 0 amide bonds. The van der Waals surface area contributed by atoms with Gasteiger partial charge in [-0.15, -0.1) is 0 Å². The van der Waals surface area contributed by atoms with Crippen LogP contribution in [0, 0.1) is 13.8 Å². The van der Waals surface area contributed by atoms with Crippen LogP contribution in [-0.4, -0.2) is 19.1 Å². The van der Waals surface area contributed by atoms with Crippen LogP contribution in [0.2, 0.25) is 0 Å². The Morgan fingerprint density at radius 2 is 0.862 bits per heavy atom. The molecule has 274 valence electrons. The highest BCUT2D eigenvalue weighted by molar-refractivity contribution is 6.11. The summed E-state index contributed by atoms with van der Waals surface area (Å²) in [5, 5.41) is 4.98. The number of hydrogen-bond acceptors (Lipinski definition) is 2. The van der Waals surface area contributed by atoms with Crippen molar-refractivity contribution < 1.29 is 0 Å². The summed E-state index contributed by atoms with van der Waals surface area (Å²) in [5.74, 6) is 0.681. The number of benzene rings is 8. The monoisotopic (exact) mass is 742 g/mol. The van der Waals surface area contributed by atoms with Gasteiger partial charge in [-0.25, -0.2) is 9.97 Å². The van der Waals surface area contributed by atoms with E-state index in [1.807, 2.05) is 12.1 Å². The van der Waals surface area contributed by atoms with Crippen molar-refractivity contribution in [2.24, 2.45) is 0 Å². The van der Waals surface area contributed by atoms with E-state index in [0.29, 0.717) is 5.82 Å². The number of aryl methyl sites for hydroxylation is 2. The van der Waals surface area contributed by atoms with E-state index in [1.54, 1.807) is 0 Å². The first-order chi connectivity index (χ1) is 28.6. The van der Waals surface area contributed by atoms with Gasteiger partial charge in [0.25, 0.3) is 0 Å². The topological polar surface area (TPSA) is 35.6 Å². The number of hydrogen-bond donors (Lipinski definition) is 0. The van der Waals surface area contributed by atoms with Crippen LogP contribution in [0.5, 0.6) is 0 Å². The van der Waals surface area contributed by atoms with Crippen molar-refractivity contribution >= 4 is 43.6 Å². The van der Waals surface area contributed by atoms with Crippen molar-refractivity contribution in [2.45, 2.75) is 13.8 Å². The van der Waals surface area contributed by atoms with Gasteiger partial charge in [-0.2, -0.15) is 0 Å². The van der Waals surface area contributed by atoms with Crippen LogP contribution in [0.3, 0.4) is 0 Å². The van der Waals surface area contributed by atoms with Crippen LogP contribution < -0.4 is 0 Å². The van der Waals surface area contributed by atoms with Gasteiger partial charge in [0.2, 0.25) is 0 Å². The lowest BCUT2D eigenvalue weighted by atomic mass is 9.99. The first-order valence-corrected chi connectivity index (χ1v) is 19.8. The minimum Gasteiger partial charge on any atom is -0.309 e. The van der Waals surface area contributed by atoms with Crippen LogP contribution >= 0.6 is 0 Å². The molecule has 58 heavy (non-hydrogen) atoms. The van der Waals surface area contributed by atoms with Gasteiger partial charge >= 0.3 is 0 Å². The number of rotatable bonds is 6. The summed E-state index contributed by atoms with van der Waals surface area (Å²) in [6.45, 7) is 4.35. The zero-order valence-electron chi connectivity index (χ0n) is 32.3. The fraction of sp³-hybridized carbons (Fsp3) is 0.0370. The van der Waals surface area contributed by atoms with E-state index in [9.17, 15) is 0 Å². The zero-order valence-corrected chi connectivity index (χ0v) is 32.3. The third-order valence-corrected chi connectivity index (χ3v) is 11.4. The number of nitrogens with zero attached hydrogens (tertiary/aromatic N) is 4. The summed E-state index contributed by atoms with van der Waals surface area (Å²) >= 11 is 0.